The van der Waals surface area contributed by atoms with Gasteiger partial charge in [-0.2, -0.15) is 13.2 Å². The van der Waals surface area contributed by atoms with Crippen molar-refractivity contribution in [1.82, 2.24) is 4.98 Å². The minimum atomic E-state index is -4.02. The summed E-state index contributed by atoms with van der Waals surface area (Å²) < 4.78 is 37.4. The topological polar surface area (TPSA) is 12.9 Å². The van der Waals surface area contributed by atoms with Crippen LogP contribution in [0.25, 0.3) is 0 Å². The minimum Gasteiger partial charge on any atom is -0.261 e. The van der Waals surface area contributed by atoms with Crippen LogP contribution in [-0.4, -0.2) is 11.2 Å². The van der Waals surface area contributed by atoms with Crippen LogP contribution in [0.2, 0.25) is 0 Å². The van der Waals surface area contributed by atoms with Gasteiger partial charge in [0.25, 0.3) is 0 Å². The fourth-order valence-corrected chi connectivity index (χ4v) is 2.33. The molecule has 0 unspecified atom stereocenters. The van der Waals surface area contributed by atoms with Gasteiger partial charge in [-0.1, -0.05) is 6.07 Å². The van der Waals surface area contributed by atoms with E-state index in [1.54, 1.807) is 6.20 Å². The van der Waals surface area contributed by atoms with E-state index in [2.05, 4.69) is 4.98 Å². The first-order valence-electron chi connectivity index (χ1n) is 5.55. The van der Waals surface area contributed by atoms with Crippen molar-refractivity contribution in [2.75, 3.05) is 0 Å². The Kier molecular flexibility index (Phi) is 3.17. The monoisotopic (exact) mass is 229 g/mol. The number of nitrogens with zero attached hydrogens (tertiary/aromatic N) is 1. The quantitative estimate of drug-likeness (QED) is 0.711. The molecule has 1 nitrogen and oxygen atoms in total. The summed E-state index contributed by atoms with van der Waals surface area (Å²) in [5, 5.41) is 0. The van der Waals surface area contributed by atoms with Gasteiger partial charge in [0, 0.05) is 17.8 Å². The molecule has 1 saturated carbocycles. The fourth-order valence-electron chi connectivity index (χ4n) is 2.33. The molecule has 0 aromatic carbocycles. The summed E-state index contributed by atoms with van der Waals surface area (Å²) in [5.74, 6) is -0.896. The lowest BCUT2D eigenvalue weighted by atomic mass is 9.80. The van der Waals surface area contributed by atoms with Crippen LogP contribution in [-0.2, 0) is 0 Å². The van der Waals surface area contributed by atoms with Gasteiger partial charge in [-0.05, 0) is 37.8 Å². The molecule has 0 aliphatic heterocycles. The molecule has 0 atom stereocenters. The Hall–Kier alpha value is -1.06. The Morgan fingerprint density at radius 1 is 1.06 bits per heavy atom. The molecule has 1 heterocycles. The molecular weight excluding hydrogens is 215 g/mol. The van der Waals surface area contributed by atoms with Gasteiger partial charge in [0.2, 0.25) is 0 Å². The van der Waals surface area contributed by atoms with Gasteiger partial charge < -0.3 is 0 Å². The third-order valence-electron chi connectivity index (χ3n) is 3.30. The van der Waals surface area contributed by atoms with Gasteiger partial charge in [-0.25, -0.2) is 0 Å². The van der Waals surface area contributed by atoms with Crippen LogP contribution >= 0.6 is 0 Å². The van der Waals surface area contributed by atoms with Gasteiger partial charge in [0.05, 0.1) is 5.92 Å². The van der Waals surface area contributed by atoms with Crippen molar-refractivity contribution in [2.24, 2.45) is 5.92 Å². The van der Waals surface area contributed by atoms with Gasteiger partial charge in [0.15, 0.2) is 0 Å². The van der Waals surface area contributed by atoms with Crippen LogP contribution in [0, 0.1) is 5.92 Å². The third kappa shape index (κ3) is 2.54. The fraction of sp³-hybridized carbons (Fsp3) is 0.583. The van der Waals surface area contributed by atoms with E-state index in [9.17, 15) is 13.2 Å². The molecule has 1 aliphatic carbocycles. The molecule has 0 N–H and O–H groups in total. The van der Waals surface area contributed by atoms with Crippen molar-refractivity contribution in [3.63, 3.8) is 0 Å². The van der Waals surface area contributed by atoms with Crippen LogP contribution in [0.3, 0.4) is 0 Å². The standard InChI is InChI=1S/C12H14F3N/c13-12(14,15)10-6-4-9(5-7-10)11-3-1-2-8-16-11/h1-3,8-10H,4-7H2. The number of alkyl halides is 3. The summed E-state index contributed by atoms with van der Waals surface area (Å²) >= 11 is 0. The third-order valence-corrected chi connectivity index (χ3v) is 3.30. The first-order chi connectivity index (χ1) is 7.57. The van der Waals surface area contributed by atoms with Crippen LogP contribution < -0.4 is 0 Å². The predicted octanol–water partition coefficient (Wildman–Crippen LogP) is 3.92. The number of aromatic nitrogens is 1. The van der Waals surface area contributed by atoms with Crippen molar-refractivity contribution in [2.45, 2.75) is 37.8 Å². The van der Waals surface area contributed by atoms with E-state index in [1.165, 1.54) is 0 Å². The van der Waals surface area contributed by atoms with E-state index in [0.717, 1.165) is 5.69 Å². The normalized spacial score (nSPS) is 26.7. The van der Waals surface area contributed by atoms with E-state index < -0.39 is 12.1 Å². The maximum Gasteiger partial charge on any atom is 0.391 e. The van der Waals surface area contributed by atoms with Gasteiger partial charge in [-0.15, -0.1) is 0 Å². The van der Waals surface area contributed by atoms with E-state index in [4.69, 9.17) is 0 Å². The Bertz CT molecular complexity index is 326. The highest BCUT2D eigenvalue weighted by Gasteiger charge is 2.41. The summed E-state index contributed by atoms with van der Waals surface area (Å²) in [6.07, 6.45) is -0.641. The summed E-state index contributed by atoms with van der Waals surface area (Å²) in [6.45, 7) is 0. The number of hydrogen-bond acceptors (Lipinski definition) is 1. The van der Waals surface area contributed by atoms with Crippen molar-refractivity contribution in [3.8, 4) is 0 Å². The van der Waals surface area contributed by atoms with E-state index in [0.29, 0.717) is 12.8 Å². The zero-order chi connectivity index (χ0) is 11.6. The molecule has 0 amide bonds. The van der Waals surface area contributed by atoms with E-state index in [-0.39, 0.29) is 18.8 Å². The molecule has 2 rings (SSSR count). The van der Waals surface area contributed by atoms with Crippen LogP contribution in [0.15, 0.2) is 24.4 Å². The molecule has 1 aromatic rings. The van der Waals surface area contributed by atoms with Gasteiger partial charge >= 0.3 is 6.18 Å². The van der Waals surface area contributed by atoms with Crippen LogP contribution in [0.5, 0.6) is 0 Å². The highest BCUT2D eigenvalue weighted by atomic mass is 19.4. The summed E-state index contributed by atoms with van der Waals surface area (Å²) in [7, 11) is 0. The average molecular weight is 229 g/mol. The predicted molar refractivity (Wildman–Crippen MR) is 55.0 cm³/mol. The molecule has 0 saturated heterocycles. The lowest BCUT2D eigenvalue weighted by molar-refractivity contribution is -0.182. The van der Waals surface area contributed by atoms with Crippen LogP contribution in [0.1, 0.15) is 37.3 Å². The Labute approximate surface area is 92.7 Å². The molecule has 0 spiro atoms. The number of hydrogen-bond donors (Lipinski definition) is 0. The first kappa shape index (κ1) is 11.4. The summed E-state index contributed by atoms with van der Waals surface area (Å²) in [5.41, 5.74) is 0.933. The highest BCUT2D eigenvalue weighted by Crippen LogP contribution is 2.42. The zero-order valence-corrected chi connectivity index (χ0v) is 8.87. The van der Waals surface area contributed by atoms with Gasteiger partial charge in [0.1, 0.15) is 0 Å². The molecule has 1 aromatic heterocycles. The largest absolute Gasteiger partial charge is 0.391 e. The van der Waals surface area contributed by atoms with Crippen molar-refractivity contribution < 1.29 is 13.2 Å². The van der Waals surface area contributed by atoms with Crippen molar-refractivity contribution in [1.29, 1.82) is 0 Å². The molecule has 0 bridgehead atoms. The second-order valence-corrected chi connectivity index (χ2v) is 4.34. The second-order valence-electron chi connectivity index (χ2n) is 4.34. The maximum atomic E-state index is 12.5. The molecule has 1 aliphatic rings. The van der Waals surface area contributed by atoms with Crippen molar-refractivity contribution >= 4 is 0 Å². The lowest BCUT2D eigenvalue weighted by Crippen LogP contribution is -2.27. The Morgan fingerprint density at radius 3 is 2.25 bits per heavy atom. The number of rotatable bonds is 1. The van der Waals surface area contributed by atoms with Crippen molar-refractivity contribution in [3.05, 3.63) is 30.1 Å². The van der Waals surface area contributed by atoms with Gasteiger partial charge in [-0.3, -0.25) is 4.98 Å². The average Bonchev–Trinajstić information content (AvgIpc) is 2.29. The molecule has 4 heteroatoms. The molecule has 0 radical (unpaired) electrons. The highest BCUT2D eigenvalue weighted by molar-refractivity contribution is 5.10. The Morgan fingerprint density at radius 2 is 1.75 bits per heavy atom. The second kappa shape index (κ2) is 4.44. The summed E-state index contributed by atoms with van der Waals surface area (Å²) in [4.78, 5) is 4.21. The van der Waals surface area contributed by atoms with Crippen LogP contribution in [0.4, 0.5) is 13.2 Å². The number of pyridine rings is 1. The lowest BCUT2D eigenvalue weighted by Gasteiger charge is -2.29. The minimum absolute atomic E-state index is 0.208. The number of halogens is 3. The SMILES string of the molecule is FC(F)(F)C1CCC(c2ccccn2)CC1. The Balaban J connectivity index is 1.96. The smallest absolute Gasteiger partial charge is 0.261 e. The summed E-state index contributed by atoms with van der Waals surface area (Å²) in [6, 6.07) is 5.61. The van der Waals surface area contributed by atoms with E-state index >= 15 is 0 Å². The molecule has 16 heavy (non-hydrogen) atoms. The van der Waals surface area contributed by atoms with E-state index in [1.807, 2.05) is 18.2 Å². The maximum absolute atomic E-state index is 12.5. The first-order valence-corrected chi connectivity index (χ1v) is 5.55. The zero-order valence-electron chi connectivity index (χ0n) is 8.87. The molecular formula is C12H14F3N. The molecule has 88 valence electrons. The molecule has 1 fully saturated rings.